The lowest BCUT2D eigenvalue weighted by Gasteiger charge is -2.19. The molecule has 0 radical (unpaired) electrons. The van der Waals surface area contributed by atoms with E-state index in [1.54, 1.807) is 16.9 Å². The van der Waals surface area contributed by atoms with Crippen molar-refractivity contribution in [3.63, 3.8) is 0 Å². The van der Waals surface area contributed by atoms with Crippen molar-refractivity contribution in [3.8, 4) is 0 Å². The molecule has 1 aromatic heterocycles. The molecule has 2 aliphatic carbocycles. The fourth-order valence-corrected chi connectivity index (χ4v) is 4.91. The van der Waals surface area contributed by atoms with Crippen molar-refractivity contribution in [3.05, 3.63) is 46.0 Å². The van der Waals surface area contributed by atoms with Crippen LogP contribution < -0.4 is 5.32 Å². The van der Waals surface area contributed by atoms with Crippen LogP contribution >= 0.6 is 11.3 Å². The number of nitrogens with one attached hydrogen (secondary N) is 1. The van der Waals surface area contributed by atoms with E-state index in [-0.39, 0.29) is 11.8 Å². The van der Waals surface area contributed by atoms with Crippen molar-refractivity contribution < 1.29 is 4.79 Å². The molecule has 0 bridgehead atoms. The summed E-state index contributed by atoms with van der Waals surface area (Å²) in [6.07, 6.45) is 12.2. The van der Waals surface area contributed by atoms with E-state index in [0.29, 0.717) is 0 Å². The Morgan fingerprint density at radius 3 is 2.92 bits per heavy atom. The lowest BCUT2D eigenvalue weighted by molar-refractivity contribution is -0.120. The normalized spacial score (nSPS) is 17.7. The number of aryl methyl sites for hydroxylation is 1. The lowest BCUT2D eigenvalue weighted by Crippen LogP contribution is -2.24. The molecule has 1 saturated carbocycles. The maximum atomic E-state index is 12.3. The molecule has 1 N–H and O–H groups in total. The first-order valence-corrected chi connectivity index (χ1v) is 9.96. The van der Waals surface area contributed by atoms with Crippen molar-refractivity contribution in [2.75, 3.05) is 5.32 Å². The summed E-state index contributed by atoms with van der Waals surface area (Å²) in [5, 5.41) is 3.80. The molecule has 1 amide bonds. The van der Waals surface area contributed by atoms with Crippen LogP contribution in [0.2, 0.25) is 0 Å². The van der Waals surface area contributed by atoms with Crippen LogP contribution in [0, 0.1) is 5.92 Å². The van der Waals surface area contributed by atoms with Crippen LogP contribution in [0.25, 0.3) is 0 Å². The van der Waals surface area contributed by atoms with Gasteiger partial charge in [0.1, 0.15) is 0 Å². The summed E-state index contributed by atoms with van der Waals surface area (Å²) in [5.74, 6) is 0.347. The molecule has 0 spiro atoms. The highest BCUT2D eigenvalue weighted by molar-refractivity contribution is 7.15. The van der Waals surface area contributed by atoms with Crippen molar-refractivity contribution in [2.45, 2.75) is 57.8 Å². The number of anilines is 1. The molecule has 24 heavy (non-hydrogen) atoms. The summed E-state index contributed by atoms with van der Waals surface area (Å²) < 4.78 is 0. The van der Waals surface area contributed by atoms with Crippen LogP contribution in [0.5, 0.6) is 0 Å². The lowest BCUT2D eigenvalue weighted by atomic mass is 9.89. The first kappa shape index (κ1) is 15.8. The Balaban J connectivity index is 1.42. The fraction of sp³-hybridized carbons (Fsp3) is 0.500. The second kappa shape index (κ2) is 7.06. The third kappa shape index (κ3) is 3.39. The van der Waals surface area contributed by atoms with Crippen LogP contribution in [0.1, 0.15) is 60.1 Å². The zero-order valence-electron chi connectivity index (χ0n) is 14.0. The number of fused-ring (bicyclic) bond motifs is 1. The second-order valence-corrected chi connectivity index (χ2v) is 8.16. The van der Waals surface area contributed by atoms with Gasteiger partial charge in [0.25, 0.3) is 0 Å². The molecule has 3 nitrogen and oxygen atoms in total. The Hall–Kier alpha value is -1.68. The number of benzene rings is 1. The van der Waals surface area contributed by atoms with Crippen molar-refractivity contribution in [2.24, 2.45) is 5.92 Å². The Morgan fingerprint density at radius 2 is 2.04 bits per heavy atom. The Kier molecular flexibility index (Phi) is 4.65. The Bertz CT molecular complexity index is 731. The first-order chi connectivity index (χ1) is 11.8. The number of nitrogens with zero attached hydrogens (tertiary/aromatic N) is 1. The molecule has 0 saturated heterocycles. The predicted octanol–water partition coefficient (Wildman–Crippen LogP) is 4.74. The van der Waals surface area contributed by atoms with E-state index in [4.69, 9.17) is 0 Å². The van der Waals surface area contributed by atoms with E-state index in [0.717, 1.165) is 24.4 Å². The molecular weight excluding hydrogens is 316 g/mol. The average Bonchev–Trinajstić information content (AvgIpc) is 3.25. The van der Waals surface area contributed by atoms with E-state index in [2.05, 4.69) is 28.5 Å². The number of rotatable bonds is 4. The number of carbonyl (C=O) groups is 1. The van der Waals surface area contributed by atoms with E-state index < -0.39 is 0 Å². The van der Waals surface area contributed by atoms with E-state index in [9.17, 15) is 4.79 Å². The summed E-state index contributed by atoms with van der Waals surface area (Å²) >= 11 is 1.62. The van der Waals surface area contributed by atoms with Crippen LogP contribution in [0.3, 0.4) is 0 Å². The molecule has 2 aliphatic rings. The van der Waals surface area contributed by atoms with Gasteiger partial charge in [0.15, 0.2) is 5.13 Å². The molecule has 0 atom stereocenters. The number of thiazole rings is 1. The summed E-state index contributed by atoms with van der Waals surface area (Å²) in [5.41, 5.74) is 4.49. The van der Waals surface area contributed by atoms with Gasteiger partial charge >= 0.3 is 0 Å². The largest absolute Gasteiger partial charge is 0.302 e. The summed E-state index contributed by atoms with van der Waals surface area (Å²) in [7, 11) is 0. The highest BCUT2D eigenvalue weighted by Crippen LogP contribution is 2.30. The van der Waals surface area contributed by atoms with Gasteiger partial charge in [-0.25, -0.2) is 4.98 Å². The van der Waals surface area contributed by atoms with E-state index in [1.165, 1.54) is 54.5 Å². The van der Waals surface area contributed by atoms with Crippen molar-refractivity contribution in [1.82, 2.24) is 4.98 Å². The molecule has 2 aromatic rings. The van der Waals surface area contributed by atoms with Crippen LogP contribution in [0.4, 0.5) is 5.13 Å². The molecule has 1 fully saturated rings. The fourth-order valence-electron chi connectivity index (χ4n) is 4.07. The molecule has 0 unspecified atom stereocenters. The van der Waals surface area contributed by atoms with Gasteiger partial charge in [0.2, 0.25) is 5.91 Å². The summed E-state index contributed by atoms with van der Waals surface area (Å²) in [6, 6.07) is 6.67. The average molecular weight is 340 g/mol. The minimum Gasteiger partial charge on any atom is -0.302 e. The molecule has 1 heterocycles. The smallest absolute Gasteiger partial charge is 0.229 e. The standard InChI is InChI=1S/C20H24N2OS/c23-19(15-6-2-1-3-7-15)22-20-21-13-17(24-20)12-16-10-4-8-14-9-5-11-18(14)16/h4,8,10,13,15H,1-3,5-7,9,11-12H2,(H,21,22,23). The highest BCUT2D eigenvalue weighted by atomic mass is 32.1. The summed E-state index contributed by atoms with van der Waals surface area (Å²) in [6.45, 7) is 0. The highest BCUT2D eigenvalue weighted by Gasteiger charge is 2.22. The molecule has 4 heteroatoms. The van der Waals surface area contributed by atoms with Gasteiger partial charge in [-0.1, -0.05) is 37.5 Å². The zero-order chi connectivity index (χ0) is 16.4. The first-order valence-electron chi connectivity index (χ1n) is 9.15. The second-order valence-electron chi connectivity index (χ2n) is 7.04. The molecule has 4 rings (SSSR count). The summed E-state index contributed by atoms with van der Waals surface area (Å²) in [4.78, 5) is 18.0. The maximum absolute atomic E-state index is 12.3. The van der Waals surface area contributed by atoms with Crippen molar-refractivity contribution >= 4 is 22.4 Å². The molecular formula is C20H24N2OS. The van der Waals surface area contributed by atoms with Gasteiger partial charge in [0.05, 0.1) is 0 Å². The SMILES string of the molecule is O=C(Nc1ncc(Cc2cccc3c2CCC3)s1)C1CCCCC1. The third-order valence-corrected chi connectivity index (χ3v) is 6.28. The Morgan fingerprint density at radius 1 is 1.17 bits per heavy atom. The maximum Gasteiger partial charge on any atom is 0.229 e. The van der Waals surface area contributed by atoms with Crippen LogP contribution in [0.15, 0.2) is 24.4 Å². The van der Waals surface area contributed by atoms with Gasteiger partial charge in [-0.3, -0.25) is 4.79 Å². The molecule has 0 aliphatic heterocycles. The van der Waals surface area contributed by atoms with Gasteiger partial charge in [-0.2, -0.15) is 0 Å². The Labute approximate surface area is 147 Å². The predicted molar refractivity (Wildman–Crippen MR) is 98.6 cm³/mol. The third-order valence-electron chi connectivity index (χ3n) is 5.37. The topological polar surface area (TPSA) is 42.0 Å². The van der Waals surface area contributed by atoms with Crippen LogP contribution in [-0.2, 0) is 24.1 Å². The number of amides is 1. The quantitative estimate of drug-likeness (QED) is 0.873. The molecule has 126 valence electrons. The van der Waals surface area contributed by atoms with Gasteiger partial charge in [-0.15, -0.1) is 11.3 Å². The number of aromatic nitrogens is 1. The van der Waals surface area contributed by atoms with E-state index in [1.807, 2.05) is 6.20 Å². The number of hydrogen-bond acceptors (Lipinski definition) is 3. The minimum atomic E-state index is 0.163. The van der Waals surface area contributed by atoms with E-state index >= 15 is 0 Å². The monoisotopic (exact) mass is 340 g/mol. The number of carbonyl (C=O) groups excluding carboxylic acids is 1. The van der Waals surface area contributed by atoms with Crippen LogP contribution in [-0.4, -0.2) is 10.9 Å². The van der Waals surface area contributed by atoms with Gasteiger partial charge < -0.3 is 5.32 Å². The zero-order valence-corrected chi connectivity index (χ0v) is 14.8. The molecule has 1 aromatic carbocycles. The van der Waals surface area contributed by atoms with Gasteiger partial charge in [-0.05, 0) is 48.8 Å². The van der Waals surface area contributed by atoms with Crippen molar-refractivity contribution in [1.29, 1.82) is 0 Å². The minimum absolute atomic E-state index is 0.163. The van der Waals surface area contributed by atoms with Gasteiger partial charge in [0, 0.05) is 23.4 Å². The number of hydrogen-bond donors (Lipinski definition) is 1.